The maximum atomic E-state index is 4.02. The van der Waals surface area contributed by atoms with Crippen molar-refractivity contribution in [1.82, 2.24) is 5.32 Å². The van der Waals surface area contributed by atoms with E-state index in [1.165, 1.54) is 49.7 Å². The Morgan fingerprint density at radius 1 is 1.05 bits per heavy atom. The van der Waals surface area contributed by atoms with E-state index < -0.39 is 0 Å². The highest BCUT2D eigenvalue weighted by Gasteiger charge is 2.59. The van der Waals surface area contributed by atoms with Crippen molar-refractivity contribution in [2.24, 2.45) is 16.7 Å². The molecule has 1 aromatic carbocycles. The Labute approximate surface area is 129 Å². The predicted molar refractivity (Wildman–Crippen MR) is 88.2 cm³/mol. The minimum absolute atomic E-state index is 0.423. The first-order valence-corrected chi connectivity index (χ1v) is 8.69. The average molecular weight is 283 g/mol. The Balaban J connectivity index is 1.54. The molecule has 0 radical (unpaired) electrons. The van der Waals surface area contributed by atoms with Crippen molar-refractivity contribution in [3.8, 4) is 0 Å². The van der Waals surface area contributed by atoms with Gasteiger partial charge in [-0.1, -0.05) is 43.7 Å². The Morgan fingerprint density at radius 2 is 1.76 bits per heavy atom. The van der Waals surface area contributed by atoms with E-state index in [2.05, 4.69) is 50.4 Å². The van der Waals surface area contributed by atoms with Gasteiger partial charge >= 0.3 is 0 Å². The van der Waals surface area contributed by atoms with E-state index in [9.17, 15) is 0 Å². The summed E-state index contributed by atoms with van der Waals surface area (Å²) in [5.41, 5.74) is 4.45. The lowest BCUT2D eigenvalue weighted by Gasteiger charge is -2.65. The van der Waals surface area contributed by atoms with E-state index in [-0.39, 0.29) is 0 Å². The van der Waals surface area contributed by atoms with E-state index in [0.717, 1.165) is 12.5 Å². The summed E-state index contributed by atoms with van der Waals surface area (Å²) in [6, 6.07) is 8.98. The lowest BCUT2D eigenvalue weighted by molar-refractivity contribution is -0.118. The summed E-state index contributed by atoms with van der Waals surface area (Å²) in [4.78, 5) is 0. The first-order chi connectivity index (χ1) is 9.88. The summed E-state index contributed by atoms with van der Waals surface area (Å²) in [5, 5.41) is 4.02. The van der Waals surface area contributed by atoms with E-state index in [1.54, 1.807) is 0 Å². The molecule has 2 unspecified atom stereocenters. The summed E-state index contributed by atoms with van der Waals surface area (Å²) in [5.74, 6) is 0.973. The number of hydrogen-bond donors (Lipinski definition) is 1. The maximum Gasteiger partial charge on any atom is 0.0210 e. The van der Waals surface area contributed by atoms with Gasteiger partial charge in [0.1, 0.15) is 0 Å². The molecule has 1 N–H and O–H groups in total. The van der Waals surface area contributed by atoms with Gasteiger partial charge in [-0.15, -0.1) is 0 Å². The van der Waals surface area contributed by atoms with E-state index in [4.69, 9.17) is 0 Å². The van der Waals surface area contributed by atoms with Gasteiger partial charge in [0.15, 0.2) is 0 Å². The van der Waals surface area contributed by atoms with Crippen molar-refractivity contribution in [2.75, 3.05) is 0 Å². The standard InChI is InChI=1S/C20H29N/c1-15-5-4-6-16(7-15)11-21-20-10-17-8-18(2,13-20)12-19(3,9-17)14-20/h4-7,17,21H,8-14H2,1-3H3/t17?,18-,19+,20?. The Hall–Kier alpha value is -0.820. The minimum Gasteiger partial charge on any atom is -0.307 e. The van der Waals surface area contributed by atoms with Crippen LogP contribution in [-0.2, 0) is 6.54 Å². The lowest BCUT2D eigenvalue weighted by atomic mass is 9.43. The topological polar surface area (TPSA) is 12.0 Å². The van der Waals surface area contributed by atoms with Gasteiger partial charge in [0.25, 0.3) is 0 Å². The van der Waals surface area contributed by atoms with Crippen LogP contribution in [0.15, 0.2) is 24.3 Å². The van der Waals surface area contributed by atoms with Gasteiger partial charge in [0.2, 0.25) is 0 Å². The number of rotatable bonds is 3. The molecular weight excluding hydrogens is 254 g/mol. The zero-order valence-corrected chi connectivity index (χ0v) is 13.8. The van der Waals surface area contributed by atoms with Gasteiger partial charge in [0.05, 0.1) is 0 Å². The van der Waals surface area contributed by atoms with Crippen molar-refractivity contribution in [1.29, 1.82) is 0 Å². The lowest BCUT2D eigenvalue weighted by Crippen LogP contribution is -2.63. The third-order valence-electron chi connectivity index (χ3n) is 6.38. The van der Waals surface area contributed by atoms with Crippen LogP contribution < -0.4 is 5.32 Å². The van der Waals surface area contributed by atoms with Crippen molar-refractivity contribution < 1.29 is 0 Å². The van der Waals surface area contributed by atoms with Gasteiger partial charge in [-0.2, -0.15) is 0 Å². The summed E-state index contributed by atoms with van der Waals surface area (Å²) in [6.07, 6.45) is 8.65. The van der Waals surface area contributed by atoms with E-state index in [1.807, 2.05) is 0 Å². The molecule has 1 aromatic rings. The van der Waals surface area contributed by atoms with Crippen LogP contribution in [0.5, 0.6) is 0 Å². The highest BCUT2D eigenvalue weighted by molar-refractivity contribution is 5.23. The Morgan fingerprint density at radius 3 is 2.38 bits per heavy atom. The first-order valence-electron chi connectivity index (χ1n) is 8.69. The Bertz CT molecular complexity index is 543. The summed E-state index contributed by atoms with van der Waals surface area (Å²) in [6.45, 7) is 8.34. The molecule has 0 heterocycles. The minimum atomic E-state index is 0.423. The molecular formula is C20H29N. The highest BCUT2D eigenvalue weighted by Crippen LogP contribution is 2.66. The average Bonchev–Trinajstić information content (AvgIpc) is 2.32. The molecule has 0 aromatic heterocycles. The molecule has 114 valence electrons. The Kier molecular flexibility index (Phi) is 2.86. The summed E-state index contributed by atoms with van der Waals surface area (Å²) < 4.78 is 0. The van der Waals surface area contributed by atoms with Crippen LogP contribution in [0.3, 0.4) is 0 Å². The normalized spacial score (nSPS) is 44.2. The molecule has 0 saturated heterocycles. The van der Waals surface area contributed by atoms with Crippen LogP contribution in [0.25, 0.3) is 0 Å². The van der Waals surface area contributed by atoms with Crippen molar-refractivity contribution in [3.63, 3.8) is 0 Å². The van der Waals surface area contributed by atoms with Crippen LogP contribution >= 0.6 is 0 Å². The second-order valence-electron chi connectivity index (χ2n) is 9.25. The molecule has 1 nitrogen and oxygen atoms in total. The molecule has 5 rings (SSSR count). The SMILES string of the molecule is Cc1cccc(CNC23CC4C[C@@](C)(C2)C[C@](C)(C4)C3)c1. The van der Waals surface area contributed by atoms with E-state index >= 15 is 0 Å². The van der Waals surface area contributed by atoms with Crippen molar-refractivity contribution in [2.45, 2.75) is 71.4 Å². The fourth-order valence-electron chi connectivity index (χ4n) is 6.76. The molecule has 4 atom stereocenters. The van der Waals surface area contributed by atoms with Crippen LogP contribution in [-0.4, -0.2) is 5.54 Å². The second-order valence-corrected chi connectivity index (χ2v) is 9.25. The molecule has 0 spiro atoms. The maximum absolute atomic E-state index is 4.02. The second kappa shape index (κ2) is 4.35. The molecule has 0 aliphatic heterocycles. The molecule has 0 amide bonds. The van der Waals surface area contributed by atoms with Gasteiger partial charge in [-0.25, -0.2) is 0 Å². The molecule has 1 heteroatoms. The number of aryl methyl sites for hydroxylation is 1. The molecule has 4 bridgehead atoms. The van der Waals surface area contributed by atoms with Crippen LogP contribution in [0.2, 0.25) is 0 Å². The number of nitrogens with one attached hydrogen (secondary N) is 1. The third kappa shape index (κ3) is 2.44. The third-order valence-corrected chi connectivity index (χ3v) is 6.38. The fraction of sp³-hybridized carbons (Fsp3) is 0.700. The molecule has 4 aliphatic rings. The molecule has 4 saturated carbocycles. The predicted octanol–water partition coefficient (Wildman–Crippen LogP) is 4.83. The van der Waals surface area contributed by atoms with Crippen LogP contribution in [0, 0.1) is 23.7 Å². The zero-order valence-electron chi connectivity index (χ0n) is 13.8. The van der Waals surface area contributed by atoms with Crippen molar-refractivity contribution >= 4 is 0 Å². The molecule has 21 heavy (non-hydrogen) atoms. The van der Waals surface area contributed by atoms with Crippen LogP contribution in [0.4, 0.5) is 0 Å². The summed E-state index contributed by atoms with van der Waals surface area (Å²) >= 11 is 0. The smallest absolute Gasteiger partial charge is 0.0210 e. The number of hydrogen-bond acceptors (Lipinski definition) is 1. The van der Waals surface area contributed by atoms with Crippen LogP contribution in [0.1, 0.15) is 63.5 Å². The van der Waals surface area contributed by atoms with Gasteiger partial charge in [-0.05, 0) is 67.8 Å². The number of benzene rings is 1. The zero-order chi connectivity index (χ0) is 14.7. The van der Waals surface area contributed by atoms with Gasteiger partial charge in [-0.3, -0.25) is 0 Å². The molecule has 4 fully saturated rings. The quantitative estimate of drug-likeness (QED) is 0.837. The first kappa shape index (κ1) is 13.8. The van der Waals surface area contributed by atoms with E-state index in [0.29, 0.717) is 16.4 Å². The fourth-order valence-corrected chi connectivity index (χ4v) is 6.76. The van der Waals surface area contributed by atoms with Gasteiger partial charge in [0, 0.05) is 12.1 Å². The molecule has 4 aliphatic carbocycles. The van der Waals surface area contributed by atoms with Gasteiger partial charge < -0.3 is 5.32 Å². The summed E-state index contributed by atoms with van der Waals surface area (Å²) in [7, 11) is 0. The largest absolute Gasteiger partial charge is 0.307 e. The monoisotopic (exact) mass is 283 g/mol. The van der Waals surface area contributed by atoms with Crippen molar-refractivity contribution in [3.05, 3.63) is 35.4 Å². The highest BCUT2D eigenvalue weighted by atomic mass is 15.0.